The van der Waals surface area contributed by atoms with Gasteiger partial charge in [-0.1, -0.05) is 11.3 Å². The van der Waals surface area contributed by atoms with Crippen molar-refractivity contribution in [3.8, 4) is 0 Å². The number of aromatic nitrogens is 1. The van der Waals surface area contributed by atoms with E-state index in [1.54, 1.807) is 6.07 Å². The lowest BCUT2D eigenvalue weighted by molar-refractivity contribution is -0.136. The smallest absolute Gasteiger partial charge is 0.246 e. The van der Waals surface area contributed by atoms with Gasteiger partial charge in [0.25, 0.3) is 0 Å². The van der Waals surface area contributed by atoms with E-state index in [1.165, 1.54) is 30.6 Å². The average molecular weight is 309 g/mol. The minimum atomic E-state index is -0.243. The number of fused-ring (bicyclic) bond motifs is 1. The largest absolute Gasteiger partial charge is 0.348 e. The highest BCUT2D eigenvalue weighted by Gasteiger charge is 2.26. The van der Waals surface area contributed by atoms with Gasteiger partial charge < -0.3 is 4.90 Å². The van der Waals surface area contributed by atoms with Crippen LogP contribution in [0.2, 0.25) is 0 Å². The number of hydrogen-bond donors (Lipinski definition) is 1. The molecule has 0 radical (unpaired) electrons. The summed E-state index contributed by atoms with van der Waals surface area (Å²) in [7, 11) is 1.44. The third kappa shape index (κ3) is 2.98. The predicted octanol–water partition coefficient (Wildman–Crippen LogP) is 2.33. The van der Waals surface area contributed by atoms with E-state index >= 15 is 0 Å². The Morgan fingerprint density at radius 1 is 1.48 bits per heavy atom. The van der Waals surface area contributed by atoms with Gasteiger partial charge in [-0.2, -0.15) is 0 Å². The summed E-state index contributed by atoms with van der Waals surface area (Å²) >= 11 is 1.49. The zero-order chi connectivity index (χ0) is 14.8. The number of carbonyl (C=O) groups is 1. The second-order valence-corrected chi connectivity index (χ2v) is 6.05. The van der Waals surface area contributed by atoms with Crippen LogP contribution in [0.3, 0.4) is 0 Å². The molecule has 21 heavy (non-hydrogen) atoms. The van der Waals surface area contributed by atoms with Crippen LogP contribution in [0.5, 0.6) is 0 Å². The second-order valence-electron chi connectivity index (χ2n) is 5.04. The van der Waals surface area contributed by atoms with Crippen LogP contribution < -0.4 is 10.4 Å². The zero-order valence-electron chi connectivity index (χ0n) is 11.6. The van der Waals surface area contributed by atoms with E-state index < -0.39 is 0 Å². The van der Waals surface area contributed by atoms with Crippen LogP contribution in [-0.2, 0) is 9.63 Å². The number of rotatable bonds is 3. The maximum Gasteiger partial charge on any atom is 0.246 e. The standard InChI is InChI=1S/C14H16FN3O2S/c1-20-17-13(19)9-4-6-18(7-5-9)14-16-11-3-2-10(15)8-12(11)21-14/h2-3,8-9H,4-7H2,1H3,(H,17,19). The van der Waals surface area contributed by atoms with Gasteiger partial charge >= 0.3 is 0 Å². The number of halogens is 1. The molecule has 112 valence electrons. The lowest BCUT2D eigenvalue weighted by Crippen LogP contribution is -2.40. The number of nitrogens with one attached hydrogen (secondary N) is 1. The molecule has 1 aromatic heterocycles. The Labute approximate surface area is 125 Å². The fraction of sp³-hybridized carbons (Fsp3) is 0.429. The fourth-order valence-electron chi connectivity index (χ4n) is 2.54. The lowest BCUT2D eigenvalue weighted by Gasteiger charge is -2.30. The number of hydroxylamine groups is 1. The fourth-order valence-corrected chi connectivity index (χ4v) is 3.58. The van der Waals surface area contributed by atoms with Crippen molar-refractivity contribution in [2.75, 3.05) is 25.1 Å². The van der Waals surface area contributed by atoms with Crippen LogP contribution in [0.25, 0.3) is 10.2 Å². The van der Waals surface area contributed by atoms with Crippen LogP contribution in [0.15, 0.2) is 18.2 Å². The van der Waals surface area contributed by atoms with Crippen LogP contribution in [0.4, 0.5) is 9.52 Å². The Morgan fingerprint density at radius 3 is 2.95 bits per heavy atom. The molecule has 2 heterocycles. The minimum absolute atomic E-state index is 0.0203. The van der Waals surface area contributed by atoms with Crippen molar-refractivity contribution in [3.63, 3.8) is 0 Å². The molecular weight excluding hydrogens is 293 g/mol. The molecule has 1 amide bonds. The molecule has 0 spiro atoms. The predicted molar refractivity (Wildman–Crippen MR) is 79.7 cm³/mol. The van der Waals surface area contributed by atoms with Gasteiger partial charge in [0.05, 0.1) is 17.3 Å². The maximum absolute atomic E-state index is 13.2. The Bertz CT molecular complexity index is 653. The van der Waals surface area contributed by atoms with Crippen molar-refractivity contribution in [2.45, 2.75) is 12.8 Å². The molecule has 1 N–H and O–H groups in total. The zero-order valence-corrected chi connectivity index (χ0v) is 12.5. The molecule has 1 aliphatic rings. The Kier molecular flexibility index (Phi) is 4.03. The van der Waals surface area contributed by atoms with E-state index in [1.807, 2.05) is 0 Å². The molecule has 0 bridgehead atoms. The second kappa shape index (κ2) is 5.95. The number of thiazole rings is 1. The SMILES string of the molecule is CONC(=O)C1CCN(c2nc3ccc(F)cc3s2)CC1. The Morgan fingerprint density at radius 2 is 2.24 bits per heavy atom. The van der Waals surface area contributed by atoms with Gasteiger partial charge in [0.2, 0.25) is 5.91 Å². The molecule has 1 saturated heterocycles. The van der Waals surface area contributed by atoms with Crippen molar-refractivity contribution in [3.05, 3.63) is 24.0 Å². The number of nitrogens with zero attached hydrogens (tertiary/aromatic N) is 2. The summed E-state index contributed by atoms with van der Waals surface area (Å²) in [6, 6.07) is 4.63. The molecule has 3 rings (SSSR count). The summed E-state index contributed by atoms with van der Waals surface area (Å²) in [6.45, 7) is 1.54. The molecule has 0 aliphatic carbocycles. The number of anilines is 1. The van der Waals surface area contributed by atoms with E-state index in [-0.39, 0.29) is 17.6 Å². The molecule has 7 heteroatoms. The normalized spacial score (nSPS) is 16.4. The quantitative estimate of drug-likeness (QED) is 0.884. The summed E-state index contributed by atoms with van der Waals surface area (Å²) in [6.07, 6.45) is 1.53. The molecule has 1 aromatic carbocycles. The first kappa shape index (κ1) is 14.2. The van der Waals surface area contributed by atoms with E-state index in [0.717, 1.165) is 41.3 Å². The van der Waals surface area contributed by atoms with Crippen LogP contribution in [0, 0.1) is 11.7 Å². The number of hydrogen-bond acceptors (Lipinski definition) is 5. The van der Waals surface area contributed by atoms with Crippen molar-refractivity contribution in [2.24, 2.45) is 5.92 Å². The Hall–Kier alpha value is -1.73. The topological polar surface area (TPSA) is 54.5 Å². The highest BCUT2D eigenvalue weighted by molar-refractivity contribution is 7.22. The third-order valence-electron chi connectivity index (χ3n) is 3.68. The van der Waals surface area contributed by atoms with Crippen LogP contribution >= 0.6 is 11.3 Å². The molecule has 2 aromatic rings. The van der Waals surface area contributed by atoms with Gasteiger partial charge in [0.1, 0.15) is 5.82 Å². The van der Waals surface area contributed by atoms with Crippen molar-refractivity contribution in [1.82, 2.24) is 10.5 Å². The molecular formula is C14H16FN3O2S. The van der Waals surface area contributed by atoms with E-state index in [2.05, 4.69) is 20.2 Å². The van der Waals surface area contributed by atoms with Gasteiger partial charge in [-0.25, -0.2) is 14.9 Å². The summed E-state index contributed by atoms with van der Waals surface area (Å²) in [5.41, 5.74) is 3.20. The highest BCUT2D eigenvalue weighted by Crippen LogP contribution is 2.31. The van der Waals surface area contributed by atoms with Gasteiger partial charge in [-0.05, 0) is 31.0 Å². The van der Waals surface area contributed by atoms with Crippen molar-refractivity contribution < 1.29 is 14.0 Å². The maximum atomic E-state index is 13.2. The monoisotopic (exact) mass is 309 g/mol. The number of benzene rings is 1. The molecule has 0 saturated carbocycles. The van der Waals surface area contributed by atoms with E-state index in [9.17, 15) is 9.18 Å². The minimum Gasteiger partial charge on any atom is -0.348 e. The third-order valence-corrected chi connectivity index (χ3v) is 4.76. The van der Waals surface area contributed by atoms with E-state index in [0.29, 0.717) is 0 Å². The molecule has 0 unspecified atom stereocenters. The lowest BCUT2D eigenvalue weighted by atomic mass is 9.97. The number of amides is 1. The number of piperidine rings is 1. The van der Waals surface area contributed by atoms with Crippen molar-refractivity contribution >= 4 is 32.6 Å². The van der Waals surface area contributed by atoms with Gasteiger partial charge in [-0.15, -0.1) is 0 Å². The highest BCUT2D eigenvalue weighted by atomic mass is 32.1. The summed E-state index contributed by atoms with van der Waals surface area (Å²) in [5.74, 6) is -0.329. The van der Waals surface area contributed by atoms with Crippen molar-refractivity contribution in [1.29, 1.82) is 0 Å². The average Bonchev–Trinajstić information content (AvgIpc) is 2.90. The van der Waals surface area contributed by atoms with Gasteiger partial charge in [0.15, 0.2) is 5.13 Å². The van der Waals surface area contributed by atoms with Gasteiger partial charge in [0, 0.05) is 19.0 Å². The molecule has 1 aliphatic heterocycles. The van der Waals surface area contributed by atoms with E-state index in [4.69, 9.17) is 0 Å². The summed E-state index contributed by atoms with van der Waals surface area (Å²) < 4.78 is 14.1. The molecule has 5 nitrogen and oxygen atoms in total. The molecule has 1 fully saturated rings. The molecule has 0 atom stereocenters. The first-order valence-corrected chi connectivity index (χ1v) is 7.63. The number of carbonyl (C=O) groups excluding carboxylic acids is 1. The van der Waals surface area contributed by atoms with Crippen LogP contribution in [0.1, 0.15) is 12.8 Å². The summed E-state index contributed by atoms with van der Waals surface area (Å²) in [5, 5.41) is 0.890. The summed E-state index contributed by atoms with van der Waals surface area (Å²) in [4.78, 5) is 23.1. The Balaban J connectivity index is 1.69. The first-order chi connectivity index (χ1) is 10.2. The van der Waals surface area contributed by atoms with Gasteiger partial charge in [-0.3, -0.25) is 9.63 Å². The first-order valence-electron chi connectivity index (χ1n) is 6.81. The van der Waals surface area contributed by atoms with Crippen LogP contribution in [-0.4, -0.2) is 31.1 Å².